The summed E-state index contributed by atoms with van der Waals surface area (Å²) in [6.07, 6.45) is 6.57. The van der Waals surface area contributed by atoms with Crippen molar-refractivity contribution in [2.75, 3.05) is 20.2 Å². The highest BCUT2D eigenvalue weighted by atomic mass is 19.3. The van der Waals surface area contributed by atoms with Crippen LogP contribution >= 0.6 is 0 Å². The molecule has 1 aromatic carbocycles. The van der Waals surface area contributed by atoms with Crippen LogP contribution in [0.4, 0.5) is 13.2 Å². The molecule has 2 N–H and O–H groups in total. The molecular formula is C29H23F3N8O. The van der Waals surface area contributed by atoms with E-state index in [0.29, 0.717) is 63.9 Å². The highest BCUT2D eigenvalue weighted by Crippen LogP contribution is 2.33. The van der Waals surface area contributed by atoms with Gasteiger partial charge >= 0.3 is 0 Å². The number of pyridine rings is 3. The van der Waals surface area contributed by atoms with Crippen molar-refractivity contribution in [3.63, 3.8) is 0 Å². The molecule has 0 radical (unpaired) electrons. The largest absolute Gasteiger partial charge is 0.497 e. The Labute approximate surface area is 231 Å². The molecule has 6 aromatic rings. The predicted molar refractivity (Wildman–Crippen MR) is 147 cm³/mol. The number of H-pyrrole nitrogens is 2. The Morgan fingerprint density at radius 1 is 1.00 bits per heavy atom. The van der Waals surface area contributed by atoms with Gasteiger partial charge in [-0.25, -0.2) is 18.2 Å². The Morgan fingerprint density at radius 2 is 1.90 bits per heavy atom. The van der Waals surface area contributed by atoms with E-state index in [0.717, 1.165) is 16.5 Å². The molecule has 1 fully saturated rings. The van der Waals surface area contributed by atoms with E-state index in [-0.39, 0.29) is 13.0 Å². The zero-order valence-electron chi connectivity index (χ0n) is 21.8. The van der Waals surface area contributed by atoms with Gasteiger partial charge in [0.15, 0.2) is 5.82 Å². The van der Waals surface area contributed by atoms with Gasteiger partial charge in [-0.3, -0.25) is 25.0 Å². The lowest BCUT2D eigenvalue weighted by molar-refractivity contribution is 0.0115. The fraction of sp³-hybridized carbons (Fsp3) is 0.207. The van der Waals surface area contributed by atoms with Gasteiger partial charge in [0.05, 0.1) is 42.3 Å². The normalized spacial score (nSPS) is 15.2. The summed E-state index contributed by atoms with van der Waals surface area (Å²) in [7, 11) is 1.48. The van der Waals surface area contributed by atoms with Crippen molar-refractivity contribution >= 4 is 21.9 Å². The summed E-state index contributed by atoms with van der Waals surface area (Å²) < 4.78 is 46.8. The lowest BCUT2D eigenvalue weighted by Crippen LogP contribution is -2.24. The number of rotatable bonds is 6. The summed E-state index contributed by atoms with van der Waals surface area (Å²) in [6.45, 7) is 0.491. The second kappa shape index (κ2) is 9.66. The molecule has 9 nitrogen and oxygen atoms in total. The Morgan fingerprint density at radius 3 is 2.73 bits per heavy atom. The van der Waals surface area contributed by atoms with E-state index in [1.54, 1.807) is 41.8 Å². The summed E-state index contributed by atoms with van der Waals surface area (Å²) >= 11 is 0. The van der Waals surface area contributed by atoms with E-state index < -0.39 is 11.7 Å². The van der Waals surface area contributed by atoms with Crippen LogP contribution in [0, 0.1) is 5.82 Å². The topological polar surface area (TPSA) is 108 Å². The average molecular weight is 557 g/mol. The van der Waals surface area contributed by atoms with Gasteiger partial charge in [0.25, 0.3) is 5.92 Å². The van der Waals surface area contributed by atoms with Crippen LogP contribution in [0.5, 0.6) is 5.75 Å². The van der Waals surface area contributed by atoms with Crippen molar-refractivity contribution in [2.24, 2.45) is 0 Å². The zero-order chi connectivity index (χ0) is 28.1. The smallest absolute Gasteiger partial charge is 0.261 e. The number of aromatic amines is 2. The second-order valence-corrected chi connectivity index (χ2v) is 10.1. The third-order valence-electron chi connectivity index (χ3n) is 7.20. The SMILES string of the molecule is COc1cc(F)cc(-c2nccc3[nH]c(-c4n[nH]c5cnc(-c6cncc(CN7CCC(F)(F)C7)c6)cc45)nc23)c1. The molecule has 0 saturated carbocycles. The molecule has 5 aromatic heterocycles. The summed E-state index contributed by atoms with van der Waals surface area (Å²) in [5.74, 6) is -2.20. The first-order chi connectivity index (χ1) is 19.8. The summed E-state index contributed by atoms with van der Waals surface area (Å²) in [5.41, 5.74) is 5.85. The van der Waals surface area contributed by atoms with Gasteiger partial charge in [-0.1, -0.05) is 0 Å². The van der Waals surface area contributed by atoms with E-state index in [9.17, 15) is 13.2 Å². The van der Waals surface area contributed by atoms with Crippen LogP contribution in [0.25, 0.3) is 56.0 Å². The molecule has 7 rings (SSSR count). The first kappa shape index (κ1) is 25.1. The Hall–Kier alpha value is -4.84. The van der Waals surface area contributed by atoms with Gasteiger partial charge in [-0.2, -0.15) is 5.10 Å². The number of ether oxygens (including phenoxy) is 1. The maximum absolute atomic E-state index is 14.2. The molecule has 1 saturated heterocycles. The summed E-state index contributed by atoms with van der Waals surface area (Å²) in [6, 6.07) is 10.0. The molecule has 0 atom stereocenters. The molecule has 0 spiro atoms. The third kappa shape index (κ3) is 4.76. The van der Waals surface area contributed by atoms with Crippen LogP contribution in [0.3, 0.4) is 0 Å². The quantitative estimate of drug-likeness (QED) is 0.274. The van der Waals surface area contributed by atoms with E-state index in [4.69, 9.17) is 9.72 Å². The Bertz CT molecular complexity index is 1920. The van der Waals surface area contributed by atoms with Gasteiger partial charge in [-0.15, -0.1) is 0 Å². The van der Waals surface area contributed by atoms with Gasteiger partial charge in [0.1, 0.15) is 22.8 Å². The molecular weight excluding hydrogens is 533 g/mol. The second-order valence-electron chi connectivity index (χ2n) is 10.1. The van der Waals surface area contributed by atoms with Crippen LogP contribution in [0.1, 0.15) is 12.0 Å². The number of alkyl halides is 2. The molecule has 206 valence electrons. The van der Waals surface area contributed by atoms with Crippen molar-refractivity contribution in [1.29, 1.82) is 0 Å². The fourth-order valence-corrected chi connectivity index (χ4v) is 5.25. The standard InChI is InChI=1S/C29H23F3N8O/c1-41-20-8-17(7-19(30)9-20)25-27-22(2-4-34-25)36-28(37-27)26-21-10-23(35-13-24(21)38-39-26)18-6-16(11-33-12-18)14-40-5-3-29(31,32)15-40/h2,4,6-13H,3,5,14-15H2,1H3,(H,36,37)(H,38,39). The van der Waals surface area contributed by atoms with Crippen molar-refractivity contribution in [2.45, 2.75) is 18.9 Å². The minimum Gasteiger partial charge on any atom is -0.497 e. The van der Waals surface area contributed by atoms with E-state index in [1.807, 2.05) is 12.1 Å². The number of nitrogens with one attached hydrogen (secondary N) is 2. The number of aromatic nitrogens is 7. The zero-order valence-corrected chi connectivity index (χ0v) is 21.8. The Balaban J connectivity index is 1.25. The first-order valence-corrected chi connectivity index (χ1v) is 12.9. The molecule has 1 aliphatic rings. The first-order valence-electron chi connectivity index (χ1n) is 12.9. The highest BCUT2D eigenvalue weighted by molar-refractivity contribution is 5.96. The summed E-state index contributed by atoms with van der Waals surface area (Å²) in [4.78, 5) is 23.2. The van der Waals surface area contributed by atoms with Gasteiger partial charge in [0, 0.05) is 60.7 Å². The predicted octanol–water partition coefficient (Wildman–Crippen LogP) is 5.61. The van der Waals surface area contributed by atoms with Crippen molar-refractivity contribution in [3.8, 4) is 39.8 Å². The minimum atomic E-state index is -2.65. The monoisotopic (exact) mass is 556 g/mol. The molecule has 6 heterocycles. The Kier molecular flexibility index (Phi) is 5.93. The van der Waals surface area contributed by atoms with Crippen LogP contribution in [0.2, 0.25) is 0 Å². The van der Waals surface area contributed by atoms with Gasteiger partial charge in [-0.05, 0) is 35.9 Å². The molecule has 0 amide bonds. The number of fused-ring (bicyclic) bond motifs is 2. The molecule has 12 heteroatoms. The molecule has 0 aliphatic carbocycles. The van der Waals surface area contributed by atoms with Gasteiger partial charge < -0.3 is 9.72 Å². The van der Waals surface area contributed by atoms with Crippen molar-refractivity contribution < 1.29 is 17.9 Å². The summed E-state index contributed by atoms with van der Waals surface area (Å²) in [5, 5.41) is 8.26. The van der Waals surface area contributed by atoms with Crippen LogP contribution < -0.4 is 4.74 Å². The molecule has 0 unspecified atom stereocenters. The number of halogens is 3. The highest BCUT2D eigenvalue weighted by Gasteiger charge is 2.37. The van der Waals surface area contributed by atoms with Crippen molar-refractivity contribution in [3.05, 3.63) is 72.6 Å². The van der Waals surface area contributed by atoms with Crippen LogP contribution in [-0.2, 0) is 6.54 Å². The van der Waals surface area contributed by atoms with Gasteiger partial charge in [0.2, 0.25) is 0 Å². The molecule has 1 aliphatic heterocycles. The van der Waals surface area contributed by atoms with Crippen LogP contribution in [-0.4, -0.2) is 66.1 Å². The van der Waals surface area contributed by atoms with E-state index >= 15 is 0 Å². The third-order valence-corrected chi connectivity index (χ3v) is 7.20. The van der Waals surface area contributed by atoms with Crippen LogP contribution in [0.15, 0.2) is 61.2 Å². The molecule has 0 bridgehead atoms. The van der Waals surface area contributed by atoms with E-state index in [2.05, 4.69) is 30.1 Å². The number of hydrogen-bond donors (Lipinski definition) is 2. The average Bonchev–Trinajstić information content (AvgIpc) is 3.68. The minimum absolute atomic E-state index is 0.128. The maximum Gasteiger partial charge on any atom is 0.261 e. The number of hydrogen-bond acceptors (Lipinski definition) is 7. The number of likely N-dealkylation sites (tertiary alicyclic amines) is 1. The lowest BCUT2D eigenvalue weighted by atomic mass is 10.1. The number of benzene rings is 1. The number of methoxy groups -OCH3 is 1. The van der Waals surface area contributed by atoms with E-state index in [1.165, 1.54) is 19.2 Å². The molecule has 41 heavy (non-hydrogen) atoms. The maximum atomic E-state index is 14.2. The lowest BCUT2D eigenvalue weighted by Gasteiger charge is -2.15. The number of imidazole rings is 1. The number of nitrogens with zero attached hydrogens (tertiary/aromatic N) is 6. The van der Waals surface area contributed by atoms with Crippen molar-refractivity contribution in [1.82, 2.24) is 40.0 Å². The fourth-order valence-electron chi connectivity index (χ4n) is 5.25.